The first-order valence-electron chi connectivity index (χ1n) is 6.76. The second-order valence-electron chi connectivity index (χ2n) is 4.50. The molecule has 0 spiro atoms. The van der Waals surface area contributed by atoms with Gasteiger partial charge in [0.15, 0.2) is 0 Å². The number of esters is 1. The summed E-state index contributed by atoms with van der Waals surface area (Å²) >= 11 is 0. The van der Waals surface area contributed by atoms with Crippen molar-refractivity contribution in [1.29, 1.82) is 5.26 Å². The van der Waals surface area contributed by atoms with Gasteiger partial charge >= 0.3 is 23.9 Å². The lowest BCUT2D eigenvalue weighted by Crippen LogP contribution is -2.38. The molecule has 0 heterocycles. The van der Waals surface area contributed by atoms with E-state index in [1.165, 1.54) is 29.6 Å². The molecule has 0 saturated heterocycles. The summed E-state index contributed by atoms with van der Waals surface area (Å²) in [6.07, 6.45) is -5.04. The molecule has 26 heavy (non-hydrogen) atoms. The van der Waals surface area contributed by atoms with Crippen molar-refractivity contribution in [3.05, 3.63) is 57.5 Å². The number of nitrogens with one attached hydrogen (secondary N) is 1. The van der Waals surface area contributed by atoms with Gasteiger partial charge in [-0.1, -0.05) is 24.3 Å². The minimum absolute atomic E-state index is 0.148. The Morgan fingerprint density at radius 3 is 2.15 bits per heavy atom. The van der Waals surface area contributed by atoms with E-state index >= 15 is 0 Å². The van der Waals surface area contributed by atoms with Crippen molar-refractivity contribution in [1.82, 2.24) is 5.32 Å². The van der Waals surface area contributed by atoms with Gasteiger partial charge in [-0.2, -0.15) is 28.1 Å². The number of nitriles is 1. The molecule has 0 saturated carbocycles. The summed E-state index contributed by atoms with van der Waals surface area (Å²) in [5.74, 6) is -3.43. The fourth-order valence-corrected chi connectivity index (χ4v) is 1.65. The Balaban J connectivity index is 2.88. The van der Waals surface area contributed by atoms with Gasteiger partial charge < -0.3 is 10.1 Å². The molecule has 1 N–H and O–H groups in total. The number of benzene rings is 1. The fourth-order valence-electron chi connectivity index (χ4n) is 1.65. The molecule has 132 valence electrons. The Bertz CT molecular complexity index is 923. The highest BCUT2D eigenvalue weighted by atomic mass is 19.4. The van der Waals surface area contributed by atoms with E-state index < -0.39 is 36.8 Å². The van der Waals surface area contributed by atoms with E-state index in [-0.39, 0.29) is 11.0 Å². The van der Waals surface area contributed by atoms with E-state index in [9.17, 15) is 22.8 Å². The molecule has 0 aliphatic heterocycles. The van der Waals surface area contributed by atoms with E-state index in [1.54, 1.807) is 6.07 Å². The first-order chi connectivity index (χ1) is 12.2. The molecule has 0 fully saturated rings. The van der Waals surface area contributed by atoms with E-state index in [0.29, 0.717) is 5.22 Å². The third-order valence-corrected chi connectivity index (χ3v) is 2.84. The van der Waals surface area contributed by atoms with Crippen molar-refractivity contribution in [2.24, 2.45) is 0 Å². The monoisotopic (exact) mass is 362 g/mol. The number of ether oxygens (including phenoxy) is 1. The number of nitrogens with zero attached hydrogens (tertiary/aromatic N) is 3. The van der Waals surface area contributed by atoms with Crippen LogP contribution >= 0.6 is 0 Å². The largest absolute Gasteiger partial charge is 0.526 e. The summed E-state index contributed by atoms with van der Waals surface area (Å²) in [5, 5.41) is 11.0. The first-order valence-corrected chi connectivity index (χ1v) is 6.76. The number of hydrogen-bond acceptors (Lipinski definition) is 4. The number of carbonyl (C=O) groups excluding carboxylic acids is 2. The van der Waals surface area contributed by atoms with E-state index in [0.717, 1.165) is 0 Å². The first kappa shape index (κ1) is 20.2. The van der Waals surface area contributed by atoms with Crippen LogP contribution in [0.25, 0.3) is 21.1 Å². The van der Waals surface area contributed by atoms with Crippen molar-refractivity contribution in [3.8, 4) is 6.07 Å². The Labute approximate surface area is 145 Å². The van der Waals surface area contributed by atoms with Crippen LogP contribution in [0.1, 0.15) is 0 Å². The van der Waals surface area contributed by atoms with Crippen LogP contribution in [-0.4, -0.2) is 31.2 Å². The summed E-state index contributed by atoms with van der Waals surface area (Å²) in [6.45, 7) is 12.6. The minimum Gasteiger partial charge on any atom is -0.460 e. The fraction of sp³-hybridized carbons (Fsp3) is 0.188. The molecule has 0 bridgehead atoms. The van der Waals surface area contributed by atoms with Crippen LogP contribution in [-0.2, 0) is 14.3 Å². The highest BCUT2D eigenvalue weighted by Gasteiger charge is 2.38. The van der Waals surface area contributed by atoms with Crippen molar-refractivity contribution >= 4 is 23.3 Å². The topological polar surface area (TPSA) is 87.9 Å². The van der Waals surface area contributed by atoms with E-state index in [4.69, 9.17) is 18.4 Å². The summed E-state index contributed by atoms with van der Waals surface area (Å²) in [4.78, 5) is 28.5. The van der Waals surface area contributed by atoms with Gasteiger partial charge in [-0.15, -0.1) is 0 Å². The molecule has 1 aromatic carbocycles. The SMILES string of the molecule is [C-]#[N+]C([N+]#[C-])=c1ccc(=C(C#N)C(=O)OCCNC(=O)C(F)(F)F)cc1. The maximum absolute atomic E-state index is 12.0. The van der Waals surface area contributed by atoms with Gasteiger partial charge in [0.1, 0.15) is 31.4 Å². The summed E-state index contributed by atoms with van der Waals surface area (Å²) in [6, 6.07) is 7.02. The second kappa shape index (κ2) is 8.86. The molecule has 0 atom stereocenters. The van der Waals surface area contributed by atoms with Gasteiger partial charge in [-0.05, 0) is 5.22 Å². The Kier molecular flexibility index (Phi) is 6.88. The van der Waals surface area contributed by atoms with Gasteiger partial charge in [-0.3, -0.25) is 4.79 Å². The molecular weight excluding hydrogens is 353 g/mol. The molecule has 0 aliphatic rings. The smallest absolute Gasteiger partial charge is 0.460 e. The predicted octanol–water partition coefficient (Wildman–Crippen LogP) is 0.487. The standard InChI is InChI=1S/C16H9F3N4O3/c1-21-13(22-2)11-5-3-10(4-6-11)12(9-20)14(24)26-8-7-23-15(25)16(17,18)19/h3-6H,7-8H2,(H,23,25). The molecular formula is C16H9F3N4O3. The lowest BCUT2D eigenvalue weighted by molar-refractivity contribution is -0.173. The summed E-state index contributed by atoms with van der Waals surface area (Å²) in [5.41, 5.74) is -0.411. The average Bonchev–Trinajstić information content (AvgIpc) is 2.60. The third-order valence-electron chi connectivity index (χ3n) is 2.84. The van der Waals surface area contributed by atoms with E-state index in [2.05, 4.69) is 14.4 Å². The van der Waals surface area contributed by atoms with Crippen molar-refractivity contribution in [2.75, 3.05) is 13.2 Å². The molecule has 1 amide bonds. The van der Waals surface area contributed by atoms with Crippen LogP contribution in [0.3, 0.4) is 0 Å². The van der Waals surface area contributed by atoms with Crippen LogP contribution < -0.4 is 15.8 Å². The van der Waals surface area contributed by atoms with Crippen LogP contribution in [0.5, 0.6) is 0 Å². The molecule has 0 radical (unpaired) electrons. The number of amides is 1. The maximum Gasteiger partial charge on any atom is 0.526 e. The highest BCUT2D eigenvalue weighted by molar-refractivity contribution is 6.15. The molecule has 0 aliphatic carbocycles. The molecule has 7 nitrogen and oxygen atoms in total. The zero-order valence-corrected chi connectivity index (χ0v) is 12.9. The zero-order valence-electron chi connectivity index (χ0n) is 12.9. The Morgan fingerprint density at radius 2 is 1.69 bits per heavy atom. The van der Waals surface area contributed by atoms with Crippen molar-refractivity contribution < 1.29 is 27.5 Å². The van der Waals surface area contributed by atoms with Crippen molar-refractivity contribution in [2.45, 2.75) is 6.18 Å². The summed E-state index contributed by atoms with van der Waals surface area (Å²) < 4.78 is 40.6. The number of hydrogen-bond donors (Lipinski definition) is 1. The second-order valence-corrected chi connectivity index (χ2v) is 4.50. The number of rotatable bonds is 4. The number of carbonyl (C=O) groups is 2. The van der Waals surface area contributed by atoms with Gasteiger partial charge in [0.25, 0.3) is 0 Å². The van der Waals surface area contributed by atoms with Gasteiger partial charge in [-0.25, -0.2) is 4.79 Å². The zero-order chi connectivity index (χ0) is 19.7. The maximum atomic E-state index is 12.0. The van der Waals surface area contributed by atoms with Gasteiger partial charge in [0, 0.05) is 0 Å². The predicted molar refractivity (Wildman–Crippen MR) is 81.3 cm³/mol. The van der Waals surface area contributed by atoms with Gasteiger partial charge in [0.05, 0.1) is 11.8 Å². The quantitative estimate of drug-likeness (QED) is 0.480. The number of alkyl halides is 3. The molecule has 0 aromatic heterocycles. The minimum atomic E-state index is -5.04. The summed E-state index contributed by atoms with van der Waals surface area (Å²) in [7, 11) is 0. The molecule has 1 aromatic rings. The highest BCUT2D eigenvalue weighted by Crippen LogP contribution is 2.13. The van der Waals surface area contributed by atoms with Crippen LogP contribution in [0, 0.1) is 24.5 Å². The molecule has 10 heteroatoms. The van der Waals surface area contributed by atoms with Crippen molar-refractivity contribution in [3.63, 3.8) is 0 Å². The normalized spacial score (nSPS) is 9.85. The van der Waals surface area contributed by atoms with Crippen LogP contribution in [0.15, 0.2) is 24.3 Å². The third kappa shape index (κ3) is 5.36. The lowest BCUT2D eigenvalue weighted by atomic mass is 10.1. The lowest BCUT2D eigenvalue weighted by Gasteiger charge is -2.08. The number of halogens is 3. The Hall–Kier alpha value is -3.84. The Morgan fingerprint density at radius 1 is 1.15 bits per heavy atom. The van der Waals surface area contributed by atoms with Crippen LogP contribution in [0.4, 0.5) is 13.2 Å². The van der Waals surface area contributed by atoms with Gasteiger partial charge in [0.2, 0.25) is 0 Å². The van der Waals surface area contributed by atoms with Crippen LogP contribution in [0.2, 0.25) is 0 Å². The average molecular weight is 362 g/mol. The van der Waals surface area contributed by atoms with E-state index in [1.807, 2.05) is 0 Å². The molecule has 1 rings (SSSR count). The molecule has 0 unspecified atom stereocenters.